The summed E-state index contributed by atoms with van der Waals surface area (Å²) < 4.78 is 0.992. The Balaban J connectivity index is 1.75. The summed E-state index contributed by atoms with van der Waals surface area (Å²) >= 11 is 9.47. The fourth-order valence-corrected chi connectivity index (χ4v) is 3.64. The summed E-state index contributed by atoms with van der Waals surface area (Å²) in [7, 11) is 1.73. The molecule has 1 heterocycles. The minimum Gasteiger partial charge on any atom is -0.352 e. The first-order valence-electron chi connectivity index (χ1n) is 7.99. The summed E-state index contributed by atoms with van der Waals surface area (Å²) in [5.41, 5.74) is 1.89. The third-order valence-corrected chi connectivity index (χ3v) is 5.26. The number of benzene rings is 2. The number of hydrogen-bond acceptors (Lipinski definition) is 2. The van der Waals surface area contributed by atoms with E-state index in [1.807, 2.05) is 42.5 Å². The van der Waals surface area contributed by atoms with Gasteiger partial charge in [-0.15, -0.1) is 0 Å². The van der Waals surface area contributed by atoms with Gasteiger partial charge in [-0.25, -0.2) is 0 Å². The largest absolute Gasteiger partial charge is 0.352 e. The van der Waals surface area contributed by atoms with Crippen molar-refractivity contribution < 1.29 is 9.59 Å². The minimum atomic E-state index is -0.425. The van der Waals surface area contributed by atoms with Gasteiger partial charge >= 0.3 is 0 Å². The molecule has 0 bridgehead atoms. The van der Waals surface area contributed by atoms with E-state index in [2.05, 4.69) is 21.2 Å². The summed E-state index contributed by atoms with van der Waals surface area (Å²) in [5, 5.41) is 3.55. The van der Waals surface area contributed by atoms with E-state index in [1.54, 1.807) is 18.0 Å². The van der Waals surface area contributed by atoms with Crippen molar-refractivity contribution in [3.05, 3.63) is 69.2 Å². The first-order chi connectivity index (χ1) is 12.0. The van der Waals surface area contributed by atoms with Gasteiger partial charge in [0.05, 0.1) is 12.0 Å². The van der Waals surface area contributed by atoms with Gasteiger partial charge in [0.2, 0.25) is 11.8 Å². The molecule has 1 fully saturated rings. The second-order valence-electron chi connectivity index (χ2n) is 6.16. The van der Waals surface area contributed by atoms with E-state index >= 15 is 0 Å². The standard InChI is InChI=1S/C19H18BrClN2O2/c1-23-17(24)10-16(18(23)13-3-2-4-15(21)9-13)19(25)22-11-12-5-7-14(20)8-6-12/h2-9,16,18H,10-11H2,1H3,(H,22,25). The highest BCUT2D eigenvalue weighted by atomic mass is 79.9. The van der Waals surface area contributed by atoms with E-state index in [4.69, 9.17) is 11.6 Å². The summed E-state index contributed by atoms with van der Waals surface area (Å²) in [6, 6.07) is 14.8. The van der Waals surface area contributed by atoms with Crippen LogP contribution in [0.2, 0.25) is 5.02 Å². The molecule has 1 saturated heterocycles. The summed E-state index contributed by atoms with van der Waals surface area (Å²) in [5.74, 6) is -0.578. The zero-order chi connectivity index (χ0) is 18.0. The normalized spacial score (nSPS) is 20.0. The predicted octanol–water partition coefficient (Wildman–Crippen LogP) is 3.94. The van der Waals surface area contributed by atoms with E-state index in [0.29, 0.717) is 11.6 Å². The Kier molecular flexibility index (Phi) is 5.45. The van der Waals surface area contributed by atoms with Crippen molar-refractivity contribution in [3.63, 3.8) is 0 Å². The summed E-state index contributed by atoms with van der Waals surface area (Å²) in [6.45, 7) is 0.433. The average molecular weight is 422 g/mol. The Hall–Kier alpha value is -1.85. The molecule has 1 aliphatic heterocycles. The average Bonchev–Trinajstić information content (AvgIpc) is 2.89. The van der Waals surface area contributed by atoms with Gasteiger partial charge in [0, 0.05) is 29.5 Å². The van der Waals surface area contributed by atoms with Gasteiger partial charge in [-0.05, 0) is 35.4 Å². The number of amides is 2. The van der Waals surface area contributed by atoms with Crippen molar-refractivity contribution in [3.8, 4) is 0 Å². The SMILES string of the molecule is CN1C(=O)CC(C(=O)NCc2ccc(Br)cc2)C1c1cccc(Cl)c1. The molecule has 2 unspecified atom stereocenters. The molecule has 2 aromatic carbocycles. The van der Waals surface area contributed by atoms with Gasteiger partial charge < -0.3 is 10.2 Å². The quantitative estimate of drug-likeness (QED) is 0.813. The van der Waals surface area contributed by atoms with Gasteiger partial charge in [-0.3, -0.25) is 9.59 Å². The van der Waals surface area contributed by atoms with Crippen LogP contribution < -0.4 is 5.32 Å². The highest BCUT2D eigenvalue weighted by molar-refractivity contribution is 9.10. The molecular weight excluding hydrogens is 404 g/mol. The lowest BCUT2D eigenvalue weighted by Gasteiger charge is -2.25. The molecule has 2 aromatic rings. The van der Waals surface area contributed by atoms with Crippen LogP contribution in [-0.4, -0.2) is 23.8 Å². The number of halogens is 2. The Bertz CT molecular complexity index is 794. The van der Waals surface area contributed by atoms with Gasteiger partial charge in [-0.2, -0.15) is 0 Å². The van der Waals surface area contributed by atoms with E-state index in [0.717, 1.165) is 15.6 Å². The molecule has 2 atom stereocenters. The topological polar surface area (TPSA) is 49.4 Å². The molecule has 0 aliphatic carbocycles. The third-order valence-electron chi connectivity index (χ3n) is 4.49. The van der Waals surface area contributed by atoms with Crippen LogP contribution in [0.3, 0.4) is 0 Å². The van der Waals surface area contributed by atoms with Crippen molar-refractivity contribution in [2.45, 2.75) is 19.0 Å². The number of nitrogens with one attached hydrogen (secondary N) is 1. The molecule has 3 rings (SSSR count). The van der Waals surface area contributed by atoms with E-state index in [9.17, 15) is 9.59 Å². The van der Waals surface area contributed by atoms with Crippen molar-refractivity contribution >= 4 is 39.3 Å². The van der Waals surface area contributed by atoms with Gasteiger partial charge in [0.25, 0.3) is 0 Å². The molecule has 4 nitrogen and oxygen atoms in total. The lowest BCUT2D eigenvalue weighted by atomic mass is 9.93. The fraction of sp³-hybridized carbons (Fsp3) is 0.263. The number of nitrogens with zero attached hydrogens (tertiary/aromatic N) is 1. The highest BCUT2D eigenvalue weighted by Crippen LogP contribution is 2.37. The Labute approximate surface area is 160 Å². The number of carbonyl (C=O) groups excluding carboxylic acids is 2. The maximum absolute atomic E-state index is 12.7. The Morgan fingerprint density at radius 3 is 2.68 bits per heavy atom. The fourth-order valence-electron chi connectivity index (χ4n) is 3.17. The lowest BCUT2D eigenvalue weighted by molar-refractivity contribution is -0.128. The van der Waals surface area contributed by atoms with Crippen LogP contribution in [0.1, 0.15) is 23.6 Å². The van der Waals surface area contributed by atoms with Crippen molar-refractivity contribution in [2.24, 2.45) is 5.92 Å². The molecular formula is C19H18BrClN2O2. The van der Waals surface area contributed by atoms with Crippen LogP contribution in [0.15, 0.2) is 53.0 Å². The second kappa shape index (κ2) is 7.58. The number of likely N-dealkylation sites (tertiary alicyclic amines) is 1. The van der Waals surface area contributed by atoms with Crippen molar-refractivity contribution in [2.75, 3.05) is 7.05 Å². The molecule has 6 heteroatoms. The van der Waals surface area contributed by atoms with Crippen molar-refractivity contribution in [1.29, 1.82) is 0 Å². The first-order valence-corrected chi connectivity index (χ1v) is 9.16. The zero-order valence-corrected chi connectivity index (χ0v) is 16.0. The molecule has 25 heavy (non-hydrogen) atoms. The van der Waals surface area contributed by atoms with Crippen LogP contribution in [0.4, 0.5) is 0 Å². The van der Waals surface area contributed by atoms with E-state index in [1.165, 1.54) is 0 Å². The highest BCUT2D eigenvalue weighted by Gasteiger charge is 2.42. The molecule has 130 valence electrons. The minimum absolute atomic E-state index is 0.0335. The maximum Gasteiger partial charge on any atom is 0.226 e. The van der Waals surface area contributed by atoms with E-state index in [-0.39, 0.29) is 24.3 Å². The zero-order valence-electron chi connectivity index (χ0n) is 13.7. The van der Waals surface area contributed by atoms with Crippen molar-refractivity contribution in [1.82, 2.24) is 10.2 Å². The maximum atomic E-state index is 12.7. The van der Waals surface area contributed by atoms with Crippen LogP contribution in [0.25, 0.3) is 0 Å². The molecule has 2 amide bonds. The van der Waals surface area contributed by atoms with Gasteiger partial charge in [0.15, 0.2) is 0 Å². The number of carbonyl (C=O) groups is 2. The summed E-state index contributed by atoms with van der Waals surface area (Å²) in [6.07, 6.45) is 0.208. The van der Waals surface area contributed by atoms with Gasteiger partial charge in [-0.1, -0.05) is 51.8 Å². The number of hydrogen-bond donors (Lipinski definition) is 1. The molecule has 0 aromatic heterocycles. The van der Waals surface area contributed by atoms with Gasteiger partial charge in [0.1, 0.15) is 0 Å². The van der Waals surface area contributed by atoms with Crippen LogP contribution in [0, 0.1) is 5.92 Å². The van der Waals surface area contributed by atoms with Crippen LogP contribution in [0.5, 0.6) is 0 Å². The molecule has 1 aliphatic rings. The van der Waals surface area contributed by atoms with Crippen LogP contribution >= 0.6 is 27.5 Å². The Morgan fingerprint density at radius 1 is 1.28 bits per heavy atom. The first kappa shape index (κ1) is 18.0. The molecule has 0 saturated carbocycles. The predicted molar refractivity (Wildman–Crippen MR) is 101 cm³/mol. The lowest BCUT2D eigenvalue weighted by Crippen LogP contribution is -2.34. The third kappa shape index (κ3) is 4.05. The van der Waals surface area contributed by atoms with Crippen LogP contribution in [-0.2, 0) is 16.1 Å². The van der Waals surface area contributed by atoms with E-state index < -0.39 is 5.92 Å². The molecule has 0 spiro atoms. The smallest absolute Gasteiger partial charge is 0.226 e. The number of rotatable bonds is 4. The molecule has 0 radical (unpaired) electrons. The monoisotopic (exact) mass is 420 g/mol. The molecule has 1 N–H and O–H groups in total. The Morgan fingerprint density at radius 2 is 2.00 bits per heavy atom. The summed E-state index contributed by atoms with van der Waals surface area (Å²) in [4.78, 5) is 26.5. The second-order valence-corrected chi connectivity index (χ2v) is 7.51.